The van der Waals surface area contributed by atoms with Gasteiger partial charge in [-0.05, 0) is 25.8 Å². The zero-order valence-electron chi connectivity index (χ0n) is 9.16. The van der Waals surface area contributed by atoms with Gasteiger partial charge in [0, 0.05) is 19.3 Å². The minimum Gasteiger partial charge on any atom is -0.381 e. The van der Waals surface area contributed by atoms with Gasteiger partial charge in [0.15, 0.2) is 0 Å². The third kappa shape index (κ3) is 1.87. The minimum atomic E-state index is -0.295. The van der Waals surface area contributed by atoms with E-state index in [1.165, 1.54) is 0 Å². The Labute approximate surface area is 90.5 Å². The fourth-order valence-electron chi connectivity index (χ4n) is 2.65. The van der Waals surface area contributed by atoms with Crippen LogP contribution in [0.1, 0.15) is 12.8 Å². The highest BCUT2D eigenvalue weighted by atomic mass is 16.5. The van der Waals surface area contributed by atoms with Crippen LogP contribution in [0.5, 0.6) is 0 Å². The van der Waals surface area contributed by atoms with Crippen molar-refractivity contribution in [1.29, 1.82) is 5.26 Å². The van der Waals surface area contributed by atoms with E-state index in [9.17, 15) is 5.26 Å². The molecule has 0 amide bonds. The van der Waals surface area contributed by atoms with Gasteiger partial charge in [0.2, 0.25) is 0 Å². The molecule has 0 saturated carbocycles. The Bertz CT molecular complexity index is 252. The van der Waals surface area contributed by atoms with Gasteiger partial charge in [-0.25, -0.2) is 0 Å². The van der Waals surface area contributed by atoms with Crippen molar-refractivity contribution in [2.45, 2.75) is 18.9 Å². The van der Waals surface area contributed by atoms with Gasteiger partial charge in [-0.1, -0.05) is 0 Å². The van der Waals surface area contributed by atoms with Gasteiger partial charge in [-0.2, -0.15) is 5.26 Å². The molecular formula is C11H18N2O2. The first-order valence-corrected chi connectivity index (χ1v) is 5.56. The molecular weight excluding hydrogens is 192 g/mol. The summed E-state index contributed by atoms with van der Waals surface area (Å²) < 4.78 is 10.6. The molecule has 4 nitrogen and oxygen atoms in total. The van der Waals surface area contributed by atoms with Crippen molar-refractivity contribution in [3.63, 3.8) is 0 Å². The molecule has 0 spiro atoms. The van der Waals surface area contributed by atoms with Crippen LogP contribution in [0.3, 0.4) is 0 Å². The van der Waals surface area contributed by atoms with E-state index >= 15 is 0 Å². The molecule has 0 bridgehead atoms. The van der Waals surface area contributed by atoms with Crippen LogP contribution in [0.4, 0.5) is 0 Å². The quantitative estimate of drug-likeness (QED) is 0.738. The number of ether oxygens (including phenoxy) is 2. The van der Waals surface area contributed by atoms with Gasteiger partial charge in [0.1, 0.15) is 5.41 Å². The first-order chi connectivity index (χ1) is 7.32. The highest BCUT2D eigenvalue weighted by Crippen LogP contribution is 2.37. The first-order valence-electron chi connectivity index (χ1n) is 5.56. The molecule has 2 rings (SSSR count). The van der Waals surface area contributed by atoms with Gasteiger partial charge in [0.25, 0.3) is 0 Å². The van der Waals surface area contributed by atoms with Gasteiger partial charge in [0.05, 0.1) is 19.3 Å². The maximum absolute atomic E-state index is 9.27. The summed E-state index contributed by atoms with van der Waals surface area (Å²) in [7, 11) is 1.94. The molecule has 0 aliphatic carbocycles. The molecule has 2 aliphatic heterocycles. The summed E-state index contributed by atoms with van der Waals surface area (Å²) in [5.41, 5.74) is -0.295. The van der Waals surface area contributed by atoms with Gasteiger partial charge in [-0.15, -0.1) is 0 Å². The standard InChI is InChI=1S/C11H18N2O2/c1-13-10(9-2-4-14-5-3-9)11(6-12)7-15-8-11/h9-10,13H,2-5,7-8H2,1H3. The van der Waals surface area contributed by atoms with Crippen molar-refractivity contribution in [3.05, 3.63) is 0 Å². The Kier molecular flexibility index (Phi) is 3.25. The summed E-state index contributed by atoms with van der Waals surface area (Å²) in [6, 6.07) is 2.69. The number of nitrogens with zero attached hydrogens (tertiary/aromatic N) is 1. The van der Waals surface area contributed by atoms with Crippen molar-refractivity contribution in [2.24, 2.45) is 11.3 Å². The predicted molar refractivity (Wildman–Crippen MR) is 55.3 cm³/mol. The molecule has 0 aromatic rings. The Hall–Kier alpha value is -0.630. The van der Waals surface area contributed by atoms with Crippen molar-refractivity contribution in [2.75, 3.05) is 33.5 Å². The maximum atomic E-state index is 9.27. The Balaban J connectivity index is 2.05. The van der Waals surface area contributed by atoms with E-state index in [-0.39, 0.29) is 11.5 Å². The summed E-state index contributed by atoms with van der Waals surface area (Å²) in [6.45, 7) is 2.80. The molecule has 1 atom stereocenters. The molecule has 1 unspecified atom stereocenters. The molecule has 84 valence electrons. The second-order valence-electron chi connectivity index (χ2n) is 4.48. The monoisotopic (exact) mass is 210 g/mol. The topological polar surface area (TPSA) is 54.3 Å². The van der Waals surface area contributed by atoms with Crippen LogP contribution < -0.4 is 5.32 Å². The molecule has 15 heavy (non-hydrogen) atoms. The number of rotatable bonds is 3. The van der Waals surface area contributed by atoms with Gasteiger partial charge >= 0.3 is 0 Å². The van der Waals surface area contributed by atoms with Gasteiger partial charge in [-0.3, -0.25) is 0 Å². The Morgan fingerprint density at radius 2 is 2.00 bits per heavy atom. The summed E-state index contributed by atoms with van der Waals surface area (Å²) in [4.78, 5) is 0. The van der Waals surface area contributed by atoms with E-state index < -0.39 is 0 Å². The zero-order valence-corrected chi connectivity index (χ0v) is 9.16. The van der Waals surface area contributed by atoms with Crippen LogP contribution in [-0.2, 0) is 9.47 Å². The molecule has 1 N–H and O–H groups in total. The fraction of sp³-hybridized carbons (Fsp3) is 0.909. The molecule has 0 aromatic heterocycles. The highest BCUT2D eigenvalue weighted by molar-refractivity contribution is 5.12. The minimum absolute atomic E-state index is 0.250. The second kappa shape index (κ2) is 4.48. The Morgan fingerprint density at radius 3 is 2.40 bits per heavy atom. The molecule has 0 radical (unpaired) electrons. The number of hydrogen-bond donors (Lipinski definition) is 1. The summed E-state index contributed by atoms with van der Waals surface area (Å²) in [6.07, 6.45) is 2.10. The Morgan fingerprint density at radius 1 is 1.33 bits per heavy atom. The SMILES string of the molecule is CNC(C1CCOCC1)C1(C#N)COC1. The largest absolute Gasteiger partial charge is 0.381 e. The van der Waals surface area contributed by atoms with Crippen molar-refractivity contribution in [1.82, 2.24) is 5.32 Å². The highest BCUT2D eigenvalue weighted by Gasteiger charge is 2.48. The molecule has 0 aromatic carbocycles. The first kappa shape index (κ1) is 10.9. The van der Waals surface area contributed by atoms with E-state index in [2.05, 4.69) is 11.4 Å². The molecule has 2 saturated heterocycles. The van der Waals surface area contributed by atoms with Crippen LogP contribution in [0, 0.1) is 22.7 Å². The van der Waals surface area contributed by atoms with E-state index in [1.54, 1.807) is 0 Å². The van der Waals surface area contributed by atoms with Crippen LogP contribution in [0.15, 0.2) is 0 Å². The van der Waals surface area contributed by atoms with Crippen LogP contribution >= 0.6 is 0 Å². The number of nitrogens with one attached hydrogen (secondary N) is 1. The van der Waals surface area contributed by atoms with Gasteiger partial charge < -0.3 is 14.8 Å². The van der Waals surface area contributed by atoms with Crippen LogP contribution in [0.25, 0.3) is 0 Å². The molecule has 2 heterocycles. The lowest BCUT2D eigenvalue weighted by molar-refractivity contribution is -0.112. The van der Waals surface area contributed by atoms with E-state index in [0.717, 1.165) is 26.1 Å². The zero-order chi connectivity index (χ0) is 10.7. The van der Waals surface area contributed by atoms with Crippen LogP contribution in [0.2, 0.25) is 0 Å². The van der Waals surface area contributed by atoms with Crippen molar-refractivity contribution < 1.29 is 9.47 Å². The maximum Gasteiger partial charge on any atom is 0.119 e. The lowest BCUT2D eigenvalue weighted by Gasteiger charge is -2.45. The summed E-state index contributed by atoms with van der Waals surface area (Å²) in [5.74, 6) is 0.548. The smallest absolute Gasteiger partial charge is 0.119 e. The lowest BCUT2D eigenvalue weighted by Crippen LogP contribution is -2.59. The average molecular weight is 210 g/mol. The number of nitriles is 1. The number of hydrogen-bond acceptors (Lipinski definition) is 4. The average Bonchev–Trinajstić information content (AvgIpc) is 2.24. The third-order valence-electron chi connectivity index (χ3n) is 3.59. The van der Waals surface area contributed by atoms with Crippen molar-refractivity contribution in [3.8, 4) is 6.07 Å². The fourth-order valence-corrected chi connectivity index (χ4v) is 2.65. The second-order valence-corrected chi connectivity index (χ2v) is 4.48. The predicted octanol–water partition coefficient (Wildman–Crippen LogP) is 0.541. The van der Waals surface area contributed by atoms with E-state index in [1.807, 2.05) is 7.05 Å². The lowest BCUT2D eigenvalue weighted by atomic mass is 9.71. The summed E-state index contributed by atoms with van der Waals surface area (Å²) >= 11 is 0. The van der Waals surface area contributed by atoms with Crippen LogP contribution in [-0.4, -0.2) is 39.5 Å². The normalized spacial score (nSPS) is 27.7. The molecule has 2 aliphatic rings. The molecule has 4 heteroatoms. The van der Waals surface area contributed by atoms with E-state index in [0.29, 0.717) is 19.1 Å². The van der Waals surface area contributed by atoms with Crippen molar-refractivity contribution >= 4 is 0 Å². The third-order valence-corrected chi connectivity index (χ3v) is 3.59. The summed E-state index contributed by atoms with van der Waals surface area (Å²) in [5, 5.41) is 12.6. The molecule has 2 fully saturated rings. The van der Waals surface area contributed by atoms with E-state index in [4.69, 9.17) is 9.47 Å².